The van der Waals surface area contributed by atoms with Crippen LogP contribution in [-0.2, 0) is 14.8 Å². The van der Waals surface area contributed by atoms with Crippen LogP contribution in [0.3, 0.4) is 0 Å². The molecule has 4 nitrogen and oxygen atoms in total. The molecule has 0 saturated heterocycles. The van der Waals surface area contributed by atoms with Crippen molar-refractivity contribution in [2.75, 3.05) is 20.3 Å². The number of sulfonamides is 1. The third-order valence-electron chi connectivity index (χ3n) is 3.63. The van der Waals surface area contributed by atoms with E-state index in [0.29, 0.717) is 6.61 Å². The molecule has 0 aromatic heterocycles. The van der Waals surface area contributed by atoms with Crippen molar-refractivity contribution in [1.82, 2.24) is 4.72 Å². The monoisotopic (exact) mass is 287 g/mol. The average molecular weight is 287 g/mol. The van der Waals surface area contributed by atoms with E-state index in [2.05, 4.69) is 4.72 Å². The molecule has 1 N–H and O–H groups in total. The zero-order valence-electron chi connectivity index (χ0n) is 10.9. The summed E-state index contributed by atoms with van der Waals surface area (Å²) in [5.74, 6) is -0.732. The molecule has 1 fully saturated rings. The molecule has 1 aliphatic carbocycles. The summed E-state index contributed by atoms with van der Waals surface area (Å²) in [6.45, 7) is 0.810. The van der Waals surface area contributed by atoms with E-state index < -0.39 is 15.8 Å². The third-order valence-corrected chi connectivity index (χ3v) is 5.06. The Morgan fingerprint density at radius 3 is 2.58 bits per heavy atom. The molecule has 2 rings (SSSR count). The fraction of sp³-hybridized carbons (Fsp3) is 0.538. The standard InChI is InChI=1S/C13H18FNO3S/c1-18-10-13(7-4-8-13)9-15-19(16,17)12-6-3-2-5-11(12)14/h2-3,5-6,15H,4,7-10H2,1H3. The molecule has 0 spiro atoms. The Labute approximate surface area is 113 Å². The Balaban J connectivity index is 2.08. The molecule has 0 amide bonds. The van der Waals surface area contributed by atoms with Crippen LogP contribution in [0, 0.1) is 11.2 Å². The van der Waals surface area contributed by atoms with E-state index in [0.717, 1.165) is 25.3 Å². The van der Waals surface area contributed by atoms with Gasteiger partial charge in [0.1, 0.15) is 10.7 Å². The van der Waals surface area contributed by atoms with Gasteiger partial charge in [-0.3, -0.25) is 0 Å². The van der Waals surface area contributed by atoms with Crippen molar-refractivity contribution in [3.8, 4) is 0 Å². The average Bonchev–Trinajstić information content (AvgIpc) is 2.33. The van der Waals surface area contributed by atoms with Gasteiger partial charge in [0.25, 0.3) is 0 Å². The molecule has 1 aromatic rings. The predicted octanol–water partition coefficient (Wildman–Crippen LogP) is 1.92. The topological polar surface area (TPSA) is 55.4 Å². The van der Waals surface area contributed by atoms with Gasteiger partial charge in [-0.25, -0.2) is 17.5 Å². The number of rotatable bonds is 6. The van der Waals surface area contributed by atoms with Crippen LogP contribution in [0.15, 0.2) is 29.2 Å². The quantitative estimate of drug-likeness (QED) is 0.869. The van der Waals surface area contributed by atoms with Gasteiger partial charge < -0.3 is 4.74 Å². The molecule has 0 bridgehead atoms. The first-order chi connectivity index (χ1) is 8.99. The van der Waals surface area contributed by atoms with Crippen molar-refractivity contribution in [1.29, 1.82) is 0 Å². The van der Waals surface area contributed by atoms with Crippen molar-refractivity contribution in [3.63, 3.8) is 0 Å². The van der Waals surface area contributed by atoms with E-state index in [9.17, 15) is 12.8 Å². The second-order valence-electron chi connectivity index (χ2n) is 5.04. The molecule has 1 saturated carbocycles. The number of hydrogen-bond acceptors (Lipinski definition) is 3. The molecular weight excluding hydrogens is 269 g/mol. The predicted molar refractivity (Wildman–Crippen MR) is 69.7 cm³/mol. The number of benzene rings is 1. The van der Waals surface area contributed by atoms with Crippen LogP contribution in [0.2, 0.25) is 0 Å². The van der Waals surface area contributed by atoms with Crippen LogP contribution in [0.25, 0.3) is 0 Å². The van der Waals surface area contributed by atoms with Crippen molar-refractivity contribution in [2.45, 2.75) is 24.2 Å². The molecule has 106 valence electrons. The van der Waals surface area contributed by atoms with Gasteiger partial charge in [0.15, 0.2) is 0 Å². The highest BCUT2D eigenvalue weighted by Gasteiger charge is 2.38. The summed E-state index contributed by atoms with van der Waals surface area (Å²) in [5, 5.41) is 0. The molecule has 1 aliphatic rings. The highest BCUT2D eigenvalue weighted by atomic mass is 32.2. The van der Waals surface area contributed by atoms with Crippen LogP contribution in [0.4, 0.5) is 4.39 Å². The van der Waals surface area contributed by atoms with Gasteiger partial charge in [0.2, 0.25) is 10.0 Å². The summed E-state index contributed by atoms with van der Waals surface area (Å²) in [6.07, 6.45) is 2.94. The van der Waals surface area contributed by atoms with Crippen LogP contribution in [0.1, 0.15) is 19.3 Å². The SMILES string of the molecule is COCC1(CNS(=O)(=O)c2ccccc2F)CCC1. The molecule has 0 radical (unpaired) electrons. The number of methoxy groups -OCH3 is 1. The Kier molecular flexibility index (Phi) is 4.23. The maximum Gasteiger partial charge on any atom is 0.243 e. The minimum atomic E-state index is -3.80. The lowest BCUT2D eigenvalue weighted by Crippen LogP contribution is -2.45. The van der Waals surface area contributed by atoms with Gasteiger partial charge in [-0.2, -0.15) is 0 Å². The largest absolute Gasteiger partial charge is 0.384 e. The smallest absolute Gasteiger partial charge is 0.243 e. The van der Waals surface area contributed by atoms with Crippen LogP contribution < -0.4 is 4.72 Å². The van der Waals surface area contributed by atoms with Crippen LogP contribution >= 0.6 is 0 Å². The summed E-state index contributed by atoms with van der Waals surface area (Å²) in [5.41, 5.74) is -0.132. The van der Waals surface area contributed by atoms with Crippen LogP contribution in [0.5, 0.6) is 0 Å². The fourth-order valence-corrected chi connectivity index (χ4v) is 3.58. The highest BCUT2D eigenvalue weighted by Crippen LogP contribution is 2.40. The van der Waals surface area contributed by atoms with Gasteiger partial charge in [0, 0.05) is 19.1 Å². The van der Waals surface area contributed by atoms with Gasteiger partial charge in [-0.15, -0.1) is 0 Å². The van der Waals surface area contributed by atoms with E-state index in [4.69, 9.17) is 4.74 Å². The Bertz CT molecular complexity index is 541. The number of ether oxygens (including phenoxy) is 1. The Morgan fingerprint density at radius 1 is 1.37 bits per heavy atom. The fourth-order valence-electron chi connectivity index (χ4n) is 2.34. The second kappa shape index (κ2) is 5.56. The Hall–Kier alpha value is -0.980. The lowest BCUT2D eigenvalue weighted by Gasteiger charge is -2.41. The molecule has 19 heavy (non-hydrogen) atoms. The second-order valence-corrected chi connectivity index (χ2v) is 6.78. The zero-order chi connectivity index (χ0) is 13.9. The molecule has 0 atom stereocenters. The summed E-state index contributed by atoms with van der Waals surface area (Å²) >= 11 is 0. The van der Waals surface area contributed by atoms with Crippen molar-refractivity contribution < 1.29 is 17.5 Å². The molecule has 0 heterocycles. The summed E-state index contributed by atoms with van der Waals surface area (Å²) < 4.78 is 45.2. The van der Waals surface area contributed by atoms with E-state index >= 15 is 0 Å². The zero-order valence-corrected chi connectivity index (χ0v) is 11.7. The van der Waals surface area contributed by atoms with Gasteiger partial charge >= 0.3 is 0 Å². The van der Waals surface area contributed by atoms with E-state index in [-0.39, 0.29) is 16.9 Å². The normalized spacial score (nSPS) is 18.0. The van der Waals surface area contributed by atoms with Crippen molar-refractivity contribution >= 4 is 10.0 Å². The van der Waals surface area contributed by atoms with Crippen molar-refractivity contribution in [2.24, 2.45) is 5.41 Å². The number of halogens is 1. The minimum absolute atomic E-state index is 0.132. The third kappa shape index (κ3) is 3.13. The van der Waals surface area contributed by atoms with Gasteiger partial charge in [-0.1, -0.05) is 18.6 Å². The van der Waals surface area contributed by atoms with Crippen molar-refractivity contribution in [3.05, 3.63) is 30.1 Å². The molecule has 1 aromatic carbocycles. The van der Waals surface area contributed by atoms with E-state index in [1.807, 2.05) is 0 Å². The Morgan fingerprint density at radius 2 is 2.05 bits per heavy atom. The summed E-state index contributed by atoms with van der Waals surface area (Å²) in [6, 6.07) is 5.38. The van der Waals surface area contributed by atoms with Crippen LogP contribution in [-0.4, -0.2) is 28.7 Å². The maximum absolute atomic E-state index is 13.5. The maximum atomic E-state index is 13.5. The molecule has 0 aliphatic heterocycles. The lowest BCUT2D eigenvalue weighted by molar-refractivity contribution is 0.0220. The summed E-state index contributed by atoms with van der Waals surface area (Å²) in [7, 11) is -2.20. The first-order valence-corrected chi connectivity index (χ1v) is 7.71. The lowest BCUT2D eigenvalue weighted by atomic mass is 9.69. The first kappa shape index (κ1) is 14.4. The van der Waals surface area contributed by atoms with E-state index in [1.54, 1.807) is 7.11 Å². The highest BCUT2D eigenvalue weighted by molar-refractivity contribution is 7.89. The van der Waals surface area contributed by atoms with E-state index in [1.165, 1.54) is 18.2 Å². The molecule has 0 unspecified atom stereocenters. The number of nitrogens with one attached hydrogen (secondary N) is 1. The summed E-state index contributed by atoms with van der Waals surface area (Å²) in [4.78, 5) is -0.304. The number of hydrogen-bond donors (Lipinski definition) is 1. The van der Waals surface area contributed by atoms with Gasteiger partial charge in [0.05, 0.1) is 6.61 Å². The first-order valence-electron chi connectivity index (χ1n) is 6.22. The molecular formula is C13H18FNO3S. The molecule has 6 heteroatoms. The van der Waals surface area contributed by atoms with Gasteiger partial charge in [-0.05, 0) is 25.0 Å². The minimum Gasteiger partial charge on any atom is -0.384 e.